The summed E-state index contributed by atoms with van der Waals surface area (Å²) in [5.41, 5.74) is 2.44. The number of nitrogens with one attached hydrogen (secondary N) is 1. The molecule has 3 rings (SSSR count). The lowest BCUT2D eigenvalue weighted by molar-refractivity contribution is 0.323. The zero-order valence-corrected chi connectivity index (χ0v) is 18.4. The summed E-state index contributed by atoms with van der Waals surface area (Å²) in [6, 6.07) is 19.4. The molecule has 0 saturated heterocycles. The van der Waals surface area contributed by atoms with Gasteiger partial charge in [-0.25, -0.2) is 0 Å². The first-order chi connectivity index (χ1) is 14.3. The van der Waals surface area contributed by atoms with Crippen LogP contribution < -0.4 is 10.1 Å². The first-order valence-electron chi connectivity index (χ1n) is 11.1. The highest BCUT2D eigenvalue weighted by Gasteiger charge is 2.18. The van der Waals surface area contributed by atoms with E-state index in [-0.39, 0.29) is 0 Å². The largest absolute Gasteiger partial charge is 0.494 e. The van der Waals surface area contributed by atoms with E-state index in [1.165, 1.54) is 56.1 Å². The molecule has 0 radical (unpaired) electrons. The predicted molar refractivity (Wildman–Crippen MR) is 125 cm³/mol. The van der Waals surface area contributed by atoms with Gasteiger partial charge in [-0.2, -0.15) is 0 Å². The Morgan fingerprint density at radius 1 is 0.931 bits per heavy atom. The van der Waals surface area contributed by atoms with Crippen molar-refractivity contribution in [2.24, 2.45) is 0 Å². The van der Waals surface area contributed by atoms with Crippen molar-refractivity contribution in [2.45, 2.75) is 71.0 Å². The van der Waals surface area contributed by atoms with E-state index in [9.17, 15) is 0 Å². The molecule has 1 N–H and O–H groups in total. The molecule has 0 spiro atoms. The standard InChI is InChI=1S/C25H34N2OS/c1-2-28-24-18-12-11-15-22(24)20-27(19-21-13-7-6-8-14-21)25(29)26-23-16-9-4-3-5-10-17-23/h6-8,11-15,18,23H,2-5,9-10,16-17,19-20H2,1H3,(H,26,29). The molecular weight excluding hydrogens is 376 g/mol. The van der Waals surface area contributed by atoms with Crippen molar-refractivity contribution in [1.29, 1.82) is 0 Å². The van der Waals surface area contributed by atoms with Crippen LogP contribution in [0.1, 0.15) is 63.0 Å². The molecule has 3 nitrogen and oxygen atoms in total. The highest BCUT2D eigenvalue weighted by Crippen LogP contribution is 2.22. The van der Waals surface area contributed by atoms with E-state index in [4.69, 9.17) is 17.0 Å². The first kappa shape index (κ1) is 21.6. The number of para-hydroxylation sites is 1. The Kier molecular flexibility index (Phi) is 8.82. The maximum absolute atomic E-state index is 5.91. The van der Waals surface area contributed by atoms with Crippen LogP contribution in [0.5, 0.6) is 5.75 Å². The number of hydrogen-bond donors (Lipinski definition) is 1. The van der Waals surface area contributed by atoms with Crippen LogP contribution in [0.25, 0.3) is 0 Å². The summed E-state index contributed by atoms with van der Waals surface area (Å²) in [5, 5.41) is 4.55. The van der Waals surface area contributed by atoms with Gasteiger partial charge in [0.2, 0.25) is 0 Å². The summed E-state index contributed by atoms with van der Waals surface area (Å²) < 4.78 is 5.86. The smallest absolute Gasteiger partial charge is 0.169 e. The maximum atomic E-state index is 5.91. The monoisotopic (exact) mass is 410 g/mol. The Morgan fingerprint density at radius 2 is 1.59 bits per heavy atom. The van der Waals surface area contributed by atoms with Gasteiger partial charge in [-0.15, -0.1) is 0 Å². The molecule has 1 saturated carbocycles. The van der Waals surface area contributed by atoms with Crippen molar-refractivity contribution in [3.8, 4) is 5.75 Å². The molecule has 29 heavy (non-hydrogen) atoms. The second kappa shape index (κ2) is 11.8. The van der Waals surface area contributed by atoms with E-state index in [1.807, 2.05) is 19.1 Å². The van der Waals surface area contributed by atoms with Crippen molar-refractivity contribution in [1.82, 2.24) is 10.2 Å². The molecule has 2 aromatic carbocycles. The van der Waals surface area contributed by atoms with Crippen LogP contribution in [0.2, 0.25) is 0 Å². The zero-order valence-electron chi connectivity index (χ0n) is 17.6. The van der Waals surface area contributed by atoms with Crippen LogP contribution in [0.3, 0.4) is 0 Å². The molecule has 156 valence electrons. The molecule has 0 amide bonds. The van der Waals surface area contributed by atoms with E-state index < -0.39 is 0 Å². The highest BCUT2D eigenvalue weighted by molar-refractivity contribution is 7.80. The van der Waals surface area contributed by atoms with Gasteiger partial charge in [0.25, 0.3) is 0 Å². The van der Waals surface area contributed by atoms with Crippen molar-refractivity contribution in [3.05, 3.63) is 65.7 Å². The van der Waals surface area contributed by atoms with E-state index in [0.717, 1.165) is 24.0 Å². The van der Waals surface area contributed by atoms with Crippen LogP contribution >= 0.6 is 12.2 Å². The average molecular weight is 411 g/mol. The molecule has 1 aliphatic carbocycles. The van der Waals surface area contributed by atoms with Crippen LogP contribution in [0, 0.1) is 0 Å². The third kappa shape index (κ3) is 7.04. The minimum atomic E-state index is 0.489. The maximum Gasteiger partial charge on any atom is 0.169 e. The molecule has 0 aliphatic heterocycles. The van der Waals surface area contributed by atoms with Gasteiger partial charge in [-0.1, -0.05) is 80.6 Å². The number of ether oxygens (including phenoxy) is 1. The summed E-state index contributed by atoms with van der Waals surface area (Å²) in [6.07, 6.45) is 9.11. The highest BCUT2D eigenvalue weighted by atomic mass is 32.1. The van der Waals surface area contributed by atoms with Crippen LogP contribution in [0.4, 0.5) is 0 Å². The van der Waals surface area contributed by atoms with Gasteiger partial charge in [0.1, 0.15) is 5.75 Å². The van der Waals surface area contributed by atoms with Crippen LogP contribution in [0.15, 0.2) is 54.6 Å². The number of benzene rings is 2. The SMILES string of the molecule is CCOc1ccccc1CN(Cc1ccccc1)C(=S)NC1CCCCCCC1. The molecule has 0 heterocycles. The average Bonchev–Trinajstić information content (AvgIpc) is 2.71. The van der Waals surface area contributed by atoms with Gasteiger partial charge in [0.05, 0.1) is 6.61 Å². The summed E-state index contributed by atoms with van der Waals surface area (Å²) >= 11 is 5.91. The third-order valence-electron chi connectivity index (χ3n) is 5.57. The normalized spacial score (nSPS) is 15.2. The molecule has 0 aromatic heterocycles. The van der Waals surface area contributed by atoms with Crippen LogP contribution in [-0.4, -0.2) is 22.7 Å². The van der Waals surface area contributed by atoms with Crippen molar-refractivity contribution in [2.75, 3.05) is 6.61 Å². The molecule has 1 aliphatic rings. The zero-order chi connectivity index (χ0) is 20.3. The van der Waals surface area contributed by atoms with E-state index in [1.54, 1.807) is 0 Å². The van der Waals surface area contributed by atoms with E-state index in [0.29, 0.717) is 12.6 Å². The number of rotatable bonds is 7. The predicted octanol–water partition coefficient (Wildman–Crippen LogP) is 6.07. The van der Waals surface area contributed by atoms with Crippen molar-refractivity contribution in [3.63, 3.8) is 0 Å². The Bertz CT molecular complexity index is 741. The summed E-state index contributed by atoms with van der Waals surface area (Å²) in [7, 11) is 0. The summed E-state index contributed by atoms with van der Waals surface area (Å²) in [4.78, 5) is 2.28. The molecule has 4 heteroatoms. The Balaban J connectivity index is 1.74. The van der Waals surface area contributed by atoms with E-state index in [2.05, 4.69) is 52.7 Å². The number of hydrogen-bond acceptors (Lipinski definition) is 2. The fraction of sp³-hybridized carbons (Fsp3) is 0.480. The molecular formula is C25H34N2OS. The molecule has 1 fully saturated rings. The second-order valence-corrected chi connectivity index (χ2v) is 8.26. The molecule has 0 bridgehead atoms. The Labute approximate surface area is 181 Å². The van der Waals surface area contributed by atoms with Gasteiger partial charge in [-0.05, 0) is 43.6 Å². The molecule has 2 aromatic rings. The van der Waals surface area contributed by atoms with Crippen molar-refractivity contribution >= 4 is 17.3 Å². The van der Waals surface area contributed by atoms with E-state index >= 15 is 0 Å². The fourth-order valence-electron chi connectivity index (χ4n) is 4.01. The fourth-order valence-corrected chi connectivity index (χ4v) is 4.30. The van der Waals surface area contributed by atoms with Crippen molar-refractivity contribution < 1.29 is 4.74 Å². The minimum Gasteiger partial charge on any atom is -0.494 e. The summed E-state index contributed by atoms with van der Waals surface area (Å²) in [6.45, 7) is 4.23. The van der Waals surface area contributed by atoms with Gasteiger partial charge < -0.3 is 15.0 Å². The Hall–Kier alpha value is -2.07. The van der Waals surface area contributed by atoms with Gasteiger partial charge in [0.15, 0.2) is 5.11 Å². The quantitative estimate of drug-likeness (QED) is 0.560. The third-order valence-corrected chi connectivity index (χ3v) is 5.95. The minimum absolute atomic E-state index is 0.489. The topological polar surface area (TPSA) is 24.5 Å². The molecule has 0 unspecified atom stereocenters. The van der Waals surface area contributed by atoms with Gasteiger partial charge >= 0.3 is 0 Å². The lowest BCUT2D eigenvalue weighted by Crippen LogP contribution is -2.44. The molecule has 0 atom stereocenters. The van der Waals surface area contributed by atoms with Gasteiger partial charge in [-0.3, -0.25) is 0 Å². The lowest BCUT2D eigenvalue weighted by atomic mass is 9.97. The first-order valence-corrected chi connectivity index (χ1v) is 11.5. The Morgan fingerprint density at radius 3 is 2.31 bits per heavy atom. The lowest BCUT2D eigenvalue weighted by Gasteiger charge is -2.30. The van der Waals surface area contributed by atoms with Gasteiger partial charge in [0, 0.05) is 24.7 Å². The van der Waals surface area contributed by atoms with Crippen LogP contribution in [-0.2, 0) is 13.1 Å². The number of thiocarbonyl (C=S) groups is 1. The summed E-state index contributed by atoms with van der Waals surface area (Å²) in [5.74, 6) is 0.946. The number of nitrogens with zero attached hydrogens (tertiary/aromatic N) is 1. The second-order valence-electron chi connectivity index (χ2n) is 7.87.